The van der Waals surface area contributed by atoms with E-state index >= 15 is 0 Å². The maximum absolute atomic E-state index is 13.0. The molecule has 0 bridgehead atoms. The van der Waals surface area contributed by atoms with Gasteiger partial charge in [-0.2, -0.15) is 0 Å². The summed E-state index contributed by atoms with van der Waals surface area (Å²) >= 11 is 1.14. The summed E-state index contributed by atoms with van der Waals surface area (Å²) in [6.07, 6.45) is -2.20. The molecule has 0 aliphatic carbocycles. The molecule has 3 N–H and O–H groups in total. The van der Waals surface area contributed by atoms with Crippen molar-refractivity contribution in [3.8, 4) is 0 Å². The van der Waals surface area contributed by atoms with Gasteiger partial charge in [0.2, 0.25) is 0 Å². The summed E-state index contributed by atoms with van der Waals surface area (Å²) in [5.74, 6) is -2.92. The Bertz CT molecular complexity index is 967. The number of nitrogens with zero attached hydrogens (tertiary/aromatic N) is 2. The Kier molecular flexibility index (Phi) is 6.77. The summed E-state index contributed by atoms with van der Waals surface area (Å²) in [5, 5.41) is 21.6. The van der Waals surface area contributed by atoms with Crippen molar-refractivity contribution in [2.75, 3.05) is 33.6 Å². The largest absolute Gasteiger partial charge is 0.477 e. The molecular weight excluding hydrogens is 442 g/mol. The number of hydrogen-bond acceptors (Lipinski definition) is 8. The van der Waals surface area contributed by atoms with Crippen LogP contribution in [0, 0.1) is 0 Å². The zero-order valence-electron chi connectivity index (χ0n) is 17.6. The second kappa shape index (κ2) is 9.18. The number of rotatable bonds is 7. The zero-order valence-corrected chi connectivity index (χ0v) is 18.4. The number of carbonyl (C=O) groups is 4. The monoisotopic (exact) mass is 465 g/mol. The normalized spacial score (nSPS) is 23.1. The molecule has 11 nitrogen and oxygen atoms in total. The first kappa shape index (κ1) is 23.6. The van der Waals surface area contributed by atoms with Crippen molar-refractivity contribution < 1.29 is 38.9 Å². The number of benzene rings is 1. The van der Waals surface area contributed by atoms with Gasteiger partial charge >= 0.3 is 12.1 Å². The third kappa shape index (κ3) is 4.04. The molecule has 32 heavy (non-hydrogen) atoms. The number of carbonyl (C=O) groups excluding carboxylic acids is 3. The molecular formula is C20H23N3O8S. The third-order valence-electron chi connectivity index (χ3n) is 5.04. The molecule has 12 heteroatoms. The Morgan fingerprint density at radius 3 is 2.53 bits per heavy atom. The quantitative estimate of drug-likeness (QED) is 0.378. The first-order chi connectivity index (χ1) is 15.1. The Hall–Kier alpha value is -3.09. The van der Waals surface area contributed by atoms with Gasteiger partial charge in [-0.05, 0) is 5.56 Å². The average Bonchev–Trinajstić information content (AvgIpc) is 2.79. The number of hydrogen-bond donors (Lipinski definition) is 3. The van der Waals surface area contributed by atoms with Gasteiger partial charge in [-0.3, -0.25) is 14.5 Å². The van der Waals surface area contributed by atoms with Crippen molar-refractivity contribution >= 4 is 35.6 Å². The number of thioether (sulfide) groups is 1. The van der Waals surface area contributed by atoms with Crippen LogP contribution >= 0.6 is 11.8 Å². The fourth-order valence-electron chi connectivity index (χ4n) is 3.37. The lowest BCUT2D eigenvalue weighted by Crippen LogP contribution is -2.81. The van der Waals surface area contributed by atoms with Gasteiger partial charge in [-0.1, -0.05) is 30.3 Å². The van der Waals surface area contributed by atoms with E-state index in [-0.39, 0.29) is 23.6 Å². The van der Waals surface area contributed by atoms with Crippen LogP contribution in [0.1, 0.15) is 11.7 Å². The van der Waals surface area contributed by atoms with Crippen LogP contribution in [-0.4, -0.2) is 88.6 Å². The number of methoxy groups -OCH3 is 1. The molecule has 1 aromatic carbocycles. The van der Waals surface area contributed by atoms with Gasteiger partial charge in [0.05, 0.1) is 0 Å². The summed E-state index contributed by atoms with van der Waals surface area (Å²) < 4.78 is 10.4. The highest BCUT2D eigenvalue weighted by Crippen LogP contribution is 2.46. The van der Waals surface area contributed by atoms with Crippen molar-refractivity contribution in [1.29, 1.82) is 0 Å². The Morgan fingerprint density at radius 1 is 1.31 bits per heavy atom. The van der Waals surface area contributed by atoms with E-state index in [1.807, 2.05) is 0 Å². The molecule has 3 amide bonds. The molecule has 172 valence electrons. The average molecular weight is 465 g/mol. The highest BCUT2D eigenvalue weighted by atomic mass is 32.2. The van der Waals surface area contributed by atoms with Gasteiger partial charge in [0.15, 0.2) is 6.10 Å². The second-order valence-electron chi connectivity index (χ2n) is 7.29. The van der Waals surface area contributed by atoms with E-state index in [1.165, 1.54) is 26.1 Å². The fourth-order valence-corrected chi connectivity index (χ4v) is 4.79. The van der Waals surface area contributed by atoms with Gasteiger partial charge in [0.1, 0.15) is 17.7 Å². The van der Waals surface area contributed by atoms with Crippen molar-refractivity contribution in [2.24, 2.45) is 0 Å². The van der Waals surface area contributed by atoms with Crippen LogP contribution in [0.5, 0.6) is 0 Å². The predicted octanol–water partition coefficient (Wildman–Crippen LogP) is 0.131. The third-order valence-corrected chi connectivity index (χ3v) is 6.42. The van der Waals surface area contributed by atoms with E-state index in [9.17, 15) is 29.4 Å². The second-order valence-corrected chi connectivity index (χ2v) is 8.36. The maximum Gasteiger partial charge on any atom is 0.409 e. The van der Waals surface area contributed by atoms with Crippen molar-refractivity contribution in [3.05, 3.63) is 47.2 Å². The summed E-state index contributed by atoms with van der Waals surface area (Å²) in [5.41, 5.74) is -1.60. The van der Waals surface area contributed by atoms with Crippen LogP contribution in [0.15, 0.2) is 41.6 Å². The molecule has 2 heterocycles. The molecule has 0 spiro atoms. The molecule has 2 unspecified atom stereocenters. The summed E-state index contributed by atoms with van der Waals surface area (Å²) in [4.78, 5) is 51.5. The lowest BCUT2D eigenvalue weighted by atomic mass is 9.97. The van der Waals surface area contributed by atoms with Crippen LogP contribution in [0.25, 0.3) is 0 Å². The van der Waals surface area contributed by atoms with Crippen molar-refractivity contribution in [2.45, 2.75) is 17.2 Å². The summed E-state index contributed by atoms with van der Waals surface area (Å²) in [7, 11) is 4.18. The number of aliphatic carboxylic acids is 1. The summed E-state index contributed by atoms with van der Waals surface area (Å²) in [6, 6.07) is 8.14. The van der Waals surface area contributed by atoms with E-state index in [2.05, 4.69) is 5.32 Å². The first-order valence-electron chi connectivity index (χ1n) is 9.49. The highest BCUT2D eigenvalue weighted by Gasteiger charge is 2.67. The van der Waals surface area contributed by atoms with E-state index in [0.29, 0.717) is 5.56 Å². The minimum atomic E-state index is -1.84. The predicted molar refractivity (Wildman–Crippen MR) is 112 cm³/mol. The smallest absolute Gasteiger partial charge is 0.409 e. The number of fused-ring (bicyclic) bond motifs is 1. The molecule has 2 aliphatic rings. The minimum absolute atomic E-state index is 0.124. The number of β-lactam (4-membered cyclic amide) rings is 1. The van der Waals surface area contributed by atoms with Crippen LogP contribution in [0.3, 0.4) is 0 Å². The Balaban J connectivity index is 1.82. The molecule has 3 rings (SSSR count). The number of carboxylic acid groups (broad SMARTS) is 1. The van der Waals surface area contributed by atoms with E-state index in [0.717, 1.165) is 16.7 Å². The number of aliphatic hydroxyl groups excluding tert-OH is 1. The molecule has 1 saturated heterocycles. The van der Waals surface area contributed by atoms with Crippen LogP contribution in [-0.2, 0) is 23.9 Å². The molecule has 1 fully saturated rings. The van der Waals surface area contributed by atoms with Crippen LogP contribution in [0.4, 0.5) is 4.79 Å². The van der Waals surface area contributed by atoms with Crippen molar-refractivity contribution in [3.63, 3.8) is 0 Å². The molecule has 1 aromatic rings. The van der Waals surface area contributed by atoms with Gasteiger partial charge in [-0.15, -0.1) is 11.8 Å². The Labute approximate surface area is 187 Å². The molecule has 2 aliphatic heterocycles. The SMILES string of the molecule is COC1(NC(=O)C(O)c2ccccc2)C(=O)N2C(C(=O)O)=C(COC(=O)N(C)C)CS[C@@H]21. The molecule has 0 saturated carbocycles. The van der Waals surface area contributed by atoms with E-state index in [1.54, 1.807) is 30.3 Å². The van der Waals surface area contributed by atoms with E-state index in [4.69, 9.17) is 9.47 Å². The van der Waals surface area contributed by atoms with Crippen molar-refractivity contribution in [1.82, 2.24) is 15.1 Å². The lowest BCUT2D eigenvalue weighted by molar-refractivity contribution is -0.194. The highest BCUT2D eigenvalue weighted by molar-refractivity contribution is 8.00. The number of carboxylic acids is 1. The van der Waals surface area contributed by atoms with E-state index < -0.39 is 41.1 Å². The maximum atomic E-state index is 13.0. The minimum Gasteiger partial charge on any atom is -0.477 e. The topological polar surface area (TPSA) is 146 Å². The fraction of sp³-hybridized carbons (Fsp3) is 0.400. The standard InChI is InChI=1S/C20H23N3O8S/c1-22(2)19(29)31-9-12-10-32-18-20(30-3,17(28)23(18)13(12)16(26)27)21-15(25)14(24)11-7-5-4-6-8-11/h4-8,14,18,24H,9-10H2,1-3H3,(H,21,25)(H,26,27)/t14?,18-,20?/m1/s1. The number of ether oxygens (including phenoxy) is 2. The van der Waals surface area contributed by atoms with Gasteiger partial charge in [0, 0.05) is 32.5 Å². The number of amides is 3. The lowest BCUT2D eigenvalue weighted by Gasteiger charge is -2.55. The van der Waals surface area contributed by atoms with Gasteiger partial charge in [-0.25, -0.2) is 9.59 Å². The molecule has 0 aromatic heterocycles. The van der Waals surface area contributed by atoms with Crippen LogP contribution in [0.2, 0.25) is 0 Å². The summed E-state index contributed by atoms with van der Waals surface area (Å²) in [6.45, 7) is -0.304. The number of aliphatic hydroxyl groups is 1. The van der Waals surface area contributed by atoms with Crippen LogP contribution < -0.4 is 5.32 Å². The first-order valence-corrected chi connectivity index (χ1v) is 10.5. The molecule has 0 radical (unpaired) electrons. The molecule has 3 atom stereocenters. The zero-order chi connectivity index (χ0) is 23.6. The number of nitrogens with one attached hydrogen (secondary N) is 1. The van der Waals surface area contributed by atoms with Gasteiger partial charge in [0.25, 0.3) is 17.5 Å². The van der Waals surface area contributed by atoms with Gasteiger partial charge < -0.3 is 29.9 Å². The Morgan fingerprint density at radius 2 is 1.97 bits per heavy atom.